The number of carbonyl (C=O) groups is 1. The molecule has 0 aliphatic carbocycles. The highest BCUT2D eigenvalue weighted by Gasteiger charge is 2.17. The maximum atomic E-state index is 14.0. The molecular weight excluding hydrogens is 335 g/mol. The average Bonchev–Trinajstić information content (AvgIpc) is 3.25. The van der Waals surface area contributed by atoms with Crippen molar-refractivity contribution in [3.05, 3.63) is 88.3 Å². The summed E-state index contributed by atoms with van der Waals surface area (Å²) in [4.78, 5) is 16.9. The number of nitrogens with zero attached hydrogens (tertiary/aromatic N) is 2. The Kier molecular flexibility index (Phi) is 4.15. The van der Waals surface area contributed by atoms with Crippen molar-refractivity contribution in [3.8, 4) is 0 Å². The zero-order valence-corrected chi connectivity index (χ0v) is 14.2. The number of rotatable bonds is 5. The van der Waals surface area contributed by atoms with Crippen LogP contribution in [0.15, 0.2) is 66.3 Å². The Bertz CT molecular complexity index is 1040. The van der Waals surface area contributed by atoms with Crippen LogP contribution in [0.2, 0.25) is 0 Å². The van der Waals surface area contributed by atoms with Crippen molar-refractivity contribution in [2.45, 2.75) is 13.0 Å². The molecule has 0 bridgehead atoms. The maximum Gasteiger partial charge on any atom is 0.171 e. The van der Waals surface area contributed by atoms with E-state index in [-0.39, 0.29) is 18.0 Å². The van der Waals surface area contributed by atoms with Gasteiger partial charge in [0, 0.05) is 39.8 Å². The summed E-state index contributed by atoms with van der Waals surface area (Å²) >= 11 is 1.47. The molecule has 4 rings (SSSR count). The second kappa shape index (κ2) is 6.61. The van der Waals surface area contributed by atoms with E-state index in [4.69, 9.17) is 0 Å². The number of aromatic nitrogens is 2. The van der Waals surface area contributed by atoms with E-state index in [1.165, 1.54) is 17.4 Å². The molecule has 124 valence electrons. The topological polar surface area (TPSA) is 34.9 Å². The van der Waals surface area contributed by atoms with Gasteiger partial charge in [-0.1, -0.05) is 36.4 Å². The molecule has 2 aromatic heterocycles. The first-order valence-electron chi connectivity index (χ1n) is 7.95. The van der Waals surface area contributed by atoms with Crippen molar-refractivity contribution >= 4 is 28.0 Å². The Morgan fingerprint density at radius 2 is 1.92 bits per heavy atom. The third kappa shape index (κ3) is 3.10. The van der Waals surface area contributed by atoms with Gasteiger partial charge in [0.1, 0.15) is 10.8 Å². The number of fused-ring (bicyclic) bond motifs is 1. The predicted octanol–water partition coefficient (Wildman–Crippen LogP) is 4.71. The summed E-state index contributed by atoms with van der Waals surface area (Å²) in [6, 6.07) is 14.4. The zero-order chi connectivity index (χ0) is 17.2. The summed E-state index contributed by atoms with van der Waals surface area (Å²) in [6.07, 6.45) is 3.81. The lowest BCUT2D eigenvalue weighted by atomic mass is 10.1. The van der Waals surface area contributed by atoms with Crippen LogP contribution in [0.3, 0.4) is 0 Å². The average molecular weight is 350 g/mol. The fourth-order valence-corrected chi connectivity index (χ4v) is 3.60. The molecule has 0 radical (unpaired) electrons. The number of hydrogen-bond donors (Lipinski definition) is 0. The van der Waals surface area contributed by atoms with Gasteiger partial charge in [0.15, 0.2) is 5.78 Å². The Balaban J connectivity index is 1.74. The predicted molar refractivity (Wildman–Crippen MR) is 97.6 cm³/mol. The molecule has 0 saturated heterocycles. The summed E-state index contributed by atoms with van der Waals surface area (Å²) in [7, 11) is 0. The highest BCUT2D eigenvalue weighted by Crippen LogP contribution is 2.24. The van der Waals surface area contributed by atoms with Crippen LogP contribution in [0.1, 0.15) is 20.9 Å². The van der Waals surface area contributed by atoms with Gasteiger partial charge in [-0.2, -0.15) is 0 Å². The van der Waals surface area contributed by atoms with Crippen LogP contribution >= 0.6 is 11.3 Å². The molecular formula is C20H15FN2OS. The van der Waals surface area contributed by atoms with Crippen molar-refractivity contribution < 1.29 is 9.18 Å². The fourth-order valence-electron chi connectivity index (χ4n) is 2.98. The Morgan fingerprint density at radius 1 is 1.12 bits per heavy atom. The third-order valence-corrected chi connectivity index (χ3v) is 4.96. The van der Waals surface area contributed by atoms with E-state index in [9.17, 15) is 9.18 Å². The number of benzene rings is 2. The van der Waals surface area contributed by atoms with E-state index >= 15 is 0 Å². The number of Topliss-reactive ketones (excluding diaryl/α,β-unsaturated/α-hetero) is 1. The summed E-state index contributed by atoms with van der Waals surface area (Å²) in [6.45, 7) is 0.387. The molecule has 0 saturated carbocycles. The lowest BCUT2D eigenvalue weighted by molar-refractivity contribution is 0.0994. The van der Waals surface area contributed by atoms with Crippen LogP contribution in [0.5, 0.6) is 0 Å². The van der Waals surface area contributed by atoms with Crippen LogP contribution in [0.25, 0.3) is 10.9 Å². The van der Waals surface area contributed by atoms with Gasteiger partial charge >= 0.3 is 0 Å². The first-order valence-corrected chi connectivity index (χ1v) is 8.83. The standard InChI is InChI=1S/C20H15FN2OS/c21-17-7-3-1-5-14(17)12-23-13-16(15-6-2-4-8-18(15)23)19(24)11-20-22-9-10-25-20/h1-10,13H,11-12H2. The molecule has 0 aliphatic heterocycles. The highest BCUT2D eigenvalue weighted by molar-refractivity contribution is 7.09. The van der Waals surface area contributed by atoms with Crippen LogP contribution in [0.4, 0.5) is 4.39 Å². The van der Waals surface area contributed by atoms with Crippen molar-refractivity contribution in [2.24, 2.45) is 0 Å². The summed E-state index contributed by atoms with van der Waals surface area (Å²) in [5.41, 5.74) is 2.18. The van der Waals surface area contributed by atoms with Crippen LogP contribution in [-0.4, -0.2) is 15.3 Å². The molecule has 3 nitrogen and oxygen atoms in total. The molecule has 0 spiro atoms. The summed E-state index contributed by atoms with van der Waals surface area (Å²) in [5.74, 6) is -0.214. The van der Waals surface area contributed by atoms with Gasteiger partial charge in [0.05, 0.1) is 13.0 Å². The lowest BCUT2D eigenvalue weighted by Crippen LogP contribution is -2.03. The highest BCUT2D eigenvalue weighted by atomic mass is 32.1. The SMILES string of the molecule is O=C(Cc1nccs1)c1cn(Cc2ccccc2F)c2ccccc12. The summed E-state index contributed by atoms with van der Waals surface area (Å²) in [5, 5.41) is 3.56. The molecule has 0 fully saturated rings. The zero-order valence-electron chi connectivity index (χ0n) is 13.4. The molecule has 2 heterocycles. The van der Waals surface area contributed by atoms with E-state index in [0.29, 0.717) is 17.7 Å². The van der Waals surface area contributed by atoms with Crippen molar-refractivity contribution in [3.63, 3.8) is 0 Å². The van der Waals surface area contributed by atoms with Crippen molar-refractivity contribution in [1.29, 1.82) is 0 Å². The minimum Gasteiger partial charge on any atom is -0.342 e. The summed E-state index contributed by atoms with van der Waals surface area (Å²) < 4.78 is 15.9. The number of carbonyl (C=O) groups excluding carboxylic acids is 1. The van der Waals surface area contributed by atoms with Crippen LogP contribution in [0, 0.1) is 5.82 Å². The number of hydrogen-bond acceptors (Lipinski definition) is 3. The monoisotopic (exact) mass is 350 g/mol. The van der Waals surface area contributed by atoms with Crippen LogP contribution < -0.4 is 0 Å². The number of ketones is 1. The van der Waals surface area contributed by atoms with Gasteiger partial charge < -0.3 is 4.57 Å². The normalized spacial score (nSPS) is 11.1. The second-order valence-corrected chi connectivity index (χ2v) is 6.78. The van der Waals surface area contributed by atoms with E-state index < -0.39 is 0 Å². The molecule has 4 aromatic rings. The van der Waals surface area contributed by atoms with Gasteiger partial charge in [-0.15, -0.1) is 11.3 Å². The lowest BCUT2D eigenvalue weighted by Gasteiger charge is -2.06. The molecule has 0 N–H and O–H groups in total. The van der Waals surface area contributed by atoms with E-state index in [1.807, 2.05) is 46.5 Å². The second-order valence-electron chi connectivity index (χ2n) is 5.81. The van der Waals surface area contributed by atoms with Crippen LogP contribution in [-0.2, 0) is 13.0 Å². The Hall–Kier alpha value is -2.79. The fraction of sp³-hybridized carbons (Fsp3) is 0.100. The van der Waals surface area contributed by atoms with Gasteiger partial charge in [-0.25, -0.2) is 9.37 Å². The first-order chi connectivity index (χ1) is 12.2. The van der Waals surface area contributed by atoms with E-state index in [2.05, 4.69) is 4.98 Å². The molecule has 0 unspecified atom stereocenters. The molecule has 0 atom stereocenters. The van der Waals surface area contributed by atoms with Crippen molar-refractivity contribution in [1.82, 2.24) is 9.55 Å². The maximum absolute atomic E-state index is 14.0. The van der Waals surface area contributed by atoms with Gasteiger partial charge in [-0.3, -0.25) is 4.79 Å². The largest absolute Gasteiger partial charge is 0.342 e. The third-order valence-electron chi connectivity index (χ3n) is 4.18. The van der Waals surface area contributed by atoms with Gasteiger partial charge in [0.2, 0.25) is 0 Å². The molecule has 0 amide bonds. The number of para-hydroxylation sites is 1. The van der Waals surface area contributed by atoms with E-state index in [0.717, 1.165) is 15.9 Å². The van der Waals surface area contributed by atoms with E-state index in [1.54, 1.807) is 18.3 Å². The minimum absolute atomic E-state index is 0.0263. The van der Waals surface area contributed by atoms with Crippen molar-refractivity contribution in [2.75, 3.05) is 0 Å². The number of halogens is 1. The van der Waals surface area contributed by atoms with Gasteiger partial charge in [-0.05, 0) is 12.1 Å². The smallest absolute Gasteiger partial charge is 0.171 e. The van der Waals surface area contributed by atoms with Gasteiger partial charge in [0.25, 0.3) is 0 Å². The molecule has 25 heavy (non-hydrogen) atoms. The molecule has 2 aromatic carbocycles. The minimum atomic E-state index is -0.240. The Labute approximate surface area is 148 Å². The molecule has 5 heteroatoms. The number of thiazole rings is 1. The quantitative estimate of drug-likeness (QED) is 0.489. The Morgan fingerprint density at radius 3 is 2.72 bits per heavy atom. The molecule has 0 aliphatic rings. The first kappa shape index (κ1) is 15.7.